The monoisotopic (exact) mass is 391 g/mol. The van der Waals surface area contributed by atoms with Gasteiger partial charge in [-0.15, -0.1) is 6.58 Å². The summed E-state index contributed by atoms with van der Waals surface area (Å²) >= 11 is 6.66. The van der Waals surface area contributed by atoms with Gasteiger partial charge in [-0.1, -0.05) is 78.6 Å². The van der Waals surface area contributed by atoms with Crippen molar-refractivity contribution in [2.24, 2.45) is 0 Å². The number of fused-ring (bicyclic) bond motifs is 1. The Labute approximate surface area is 168 Å². The van der Waals surface area contributed by atoms with Crippen LogP contribution >= 0.6 is 24.0 Å². The highest BCUT2D eigenvalue weighted by Crippen LogP contribution is 2.40. The summed E-state index contributed by atoms with van der Waals surface area (Å²) in [5.74, 6) is 0.749. The van der Waals surface area contributed by atoms with Gasteiger partial charge in [0.15, 0.2) is 0 Å². The van der Waals surface area contributed by atoms with Crippen molar-refractivity contribution in [2.45, 2.75) is 6.10 Å². The van der Waals surface area contributed by atoms with Gasteiger partial charge < -0.3 is 4.74 Å². The lowest BCUT2D eigenvalue weighted by Gasteiger charge is -2.26. The van der Waals surface area contributed by atoms with Gasteiger partial charge in [-0.05, 0) is 29.4 Å². The topological polar surface area (TPSA) is 29.5 Å². The molecule has 27 heavy (non-hydrogen) atoms. The summed E-state index contributed by atoms with van der Waals surface area (Å²) in [7, 11) is 0. The first-order chi connectivity index (χ1) is 13.2. The van der Waals surface area contributed by atoms with E-state index in [1.54, 1.807) is 11.0 Å². The number of benzene rings is 2. The van der Waals surface area contributed by atoms with Crippen molar-refractivity contribution in [3.05, 3.63) is 94.9 Å². The fourth-order valence-corrected chi connectivity index (χ4v) is 4.38. The van der Waals surface area contributed by atoms with Crippen LogP contribution in [0.3, 0.4) is 0 Å². The predicted molar refractivity (Wildman–Crippen MR) is 114 cm³/mol. The van der Waals surface area contributed by atoms with Crippen LogP contribution in [0.1, 0.15) is 17.2 Å². The number of hydrogen-bond donors (Lipinski definition) is 0. The molecule has 2 aromatic rings. The fourth-order valence-electron chi connectivity index (χ4n) is 3.10. The van der Waals surface area contributed by atoms with Crippen molar-refractivity contribution in [3.8, 4) is 5.75 Å². The van der Waals surface area contributed by atoms with E-state index >= 15 is 0 Å². The number of thioether (sulfide) groups is 1. The van der Waals surface area contributed by atoms with Crippen molar-refractivity contribution >= 4 is 40.3 Å². The molecule has 3 nitrogen and oxygen atoms in total. The Morgan fingerprint density at radius 1 is 1.15 bits per heavy atom. The number of carbonyl (C=O) groups is 1. The maximum absolute atomic E-state index is 12.7. The largest absolute Gasteiger partial charge is 0.480 e. The number of thiocarbonyl (C=S) groups is 1. The number of ether oxygens (including phenoxy) is 1. The first-order valence-electron chi connectivity index (χ1n) is 8.56. The number of rotatable bonds is 4. The van der Waals surface area contributed by atoms with Crippen molar-refractivity contribution in [1.82, 2.24) is 4.90 Å². The standard InChI is InChI=1S/C22H17NO2S2/c1-2-12-23-21(24)19(27-22(23)26)14-17-13-16-10-6-7-11-18(16)25-20(17)15-8-4-3-5-9-15/h2-11,13-14,20H,1,12H2/b19-14-. The minimum Gasteiger partial charge on any atom is -0.480 e. The molecule has 134 valence electrons. The summed E-state index contributed by atoms with van der Waals surface area (Å²) in [6.07, 6.45) is 5.38. The van der Waals surface area contributed by atoms with E-state index in [2.05, 4.69) is 12.7 Å². The van der Waals surface area contributed by atoms with Crippen molar-refractivity contribution < 1.29 is 9.53 Å². The molecule has 0 aliphatic carbocycles. The van der Waals surface area contributed by atoms with Gasteiger partial charge in [-0.2, -0.15) is 0 Å². The Morgan fingerprint density at radius 2 is 1.89 bits per heavy atom. The Balaban J connectivity index is 1.76. The molecular weight excluding hydrogens is 374 g/mol. The number of hydrogen-bond acceptors (Lipinski definition) is 4. The lowest BCUT2D eigenvalue weighted by Crippen LogP contribution is -2.28. The van der Waals surface area contributed by atoms with E-state index in [4.69, 9.17) is 17.0 Å². The second kappa shape index (κ2) is 7.55. The number of amides is 1. The Morgan fingerprint density at radius 3 is 2.67 bits per heavy atom. The zero-order chi connectivity index (χ0) is 18.8. The molecule has 4 rings (SSSR count). The van der Waals surface area contributed by atoms with Crippen molar-refractivity contribution in [1.29, 1.82) is 0 Å². The van der Waals surface area contributed by atoms with Gasteiger partial charge in [0, 0.05) is 12.1 Å². The van der Waals surface area contributed by atoms with E-state index in [1.165, 1.54) is 11.8 Å². The lowest BCUT2D eigenvalue weighted by atomic mass is 9.95. The minimum atomic E-state index is -0.274. The summed E-state index contributed by atoms with van der Waals surface area (Å²) in [6.45, 7) is 4.12. The molecular formula is C22H17NO2S2. The summed E-state index contributed by atoms with van der Waals surface area (Å²) < 4.78 is 6.84. The predicted octanol–water partition coefficient (Wildman–Crippen LogP) is 5.13. The van der Waals surface area contributed by atoms with E-state index < -0.39 is 0 Å². The van der Waals surface area contributed by atoms with E-state index in [1.807, 2.05) is 60.7 Å². The van der Waals surface area contributed by atoms with Crippen LogP contribution in [0.25, 0.3) is 6.08 Å². The summed E-state index contributed by atoms with van der Waals surface area (Å²) in [5.41, 5.74) is 2.97. The van der Waals surface area contributed by atoms with Crippen LogP contribution in [0.2, 0.25) is 0 Å². The number of para-hydroxylation sites is 1. The zero-order valence-electron chi connectivity index (χ0n) is 14.5. The van der Waals surface area contributed by atoms with Crippen LogP contribution < -0.4 is 4.74 Å². The third-order valence-corrected chi connectivity index (χ3v) is 5.75. The number of carbonyl (C=O) groups excluding carboxylic acids is 1. The zero-order valence-corrected chi connectivity index (χ0v) is 16.1. The highest BCUT2D eigenvalue weighted by atomic mass is 32.2. The quantitative estimate of drug-likeness (QED) is 0.410. The average molecular weight is 392 g/mol. The summed E-state index contributed by atoms with van der Waals surface area (Å²) in [4.78, 5) is 14.9. The van der Waals surface area contributed by atoms with Crippen LogP contribution in [0.5, 0.6) is 5.75 Å². The van der Waals surface area contributed by atoms with E-state index in [-0.39, 0.29) is 12.0 Å². The van der Waals surface area contributed by atoms with Crippen LogP contribution in [-0.2, 0) is 4.79 Å². The maximum Gasteiger partial charge on any atom is 0.266 e. The van der Waals surface area contributed by atoms with Gasteiger partial charge in [0.2, 0.25) is 0 Å². The second-order valence-corrected chi connectivity index (χ2v) is 7.85. The molecule has 1 unspecified atom stereocenters. The van der Waals surface area contributed by atoms with Gasteiger partial charge in [-0.3, -0.25) is 9.69 Å². The van der Waals surface area contributed by atoms with Gasteiger partial charge in [0.1, 0.15) is 16.2 Å². The average Bonchev–Trinajstić information content (AvgIpc) is 2.96. The maximum atomic E-state index is 12.7. The Hall–Kier alpha value is -2.63. The van der Waals surface area contributed by atoms with Gasteiger partial charge in [0.05, 0.1) is 4.91 Å². The van der Waals surface area contributed by atoms with Crippen molar-refractivity contribution in [3.63, 3.8) is 0 Å². The van der Waals surface area contributed by atoms with E-state index in [0.717, 1.165) is 22.4 Å². The molecule has 0 radical (unpaired) electrons. The van der Waals surface area contributed by atoms with Crippen LogP contribution in [-0.4, -0.2) is 21.7 Å². The highest BCUT2D eigenvalue weighted by molar-refractivity contribution is 8.26. The smallest absolute Gasteiger partial charge is 0.266 e. The first kappa shape index (κ1) is 17.8. The fraction of sp³-hybridized carbons (Fsp3) is 0.0909. The summed E-state index contributed by atoms with van der Waals surface area (Å²) in [5, 5.41) is 0. The van der Waals surface area contributed by atoms with Crippen LogP contribution in [0.15, 0.2) is 83.8 Å². The van der Waals surface area contributed by atoms with E-state index in [9.17, 15) is 4.79 Å². The molecule has 0 N–H and O–H groups in total. The molecule has 0 spiro atoms. The molecule has 1 saturated heterocycles. The molecule has 2 aromatic carbocycles. The van der Waals surface area contributed by atoms with E-state index in [0.29, 0.717) is 15.8 Å². The van der Waals surface area contributed by atoms with Crippen LogP contribution in [0.4, 0.5) is 0 Å². The molecule has 5 heteroatoms. The second-order valence-electron chi connectivity index (χ2n) is 6.17. The Kier molecular flexibility index (Phi) is 4.97. The van der Waals surface area contributed by atoms with Gasteiger partial charge in [0.25, 0.3) is 5.91 Å². The molecule has 0 bridgehead atoms. The van der Waals surface area contributed by atoms with Gasteiger partial charge >= 0.3 is 0 Å². The summed E-state index contributed by atoms with van der Waals surface area (Å²) in [6, 6.07) is 17.9. The molecule has 0 saturated carbocycles. The molecule has 2 heterocycles. The highest BCUT2D eigenvalue weighted by Gasteiger charge is 2.33. The molecule has 2 aliphatic rings. The Bertz CT molecular complexity index is 979. The minimum absolute atomic E-state index is 0.0866. The molecule has 1 amide bonds. The third kappa shape index (κ3) is 3.48. The van der Waals surface area contributed by atoms with Gasteiger partial charge in [-0.25, -0.2) is 0 Å². The molecule has 1 atom stereocenters. The normalized spacial score (nSPS) is 20.3. The lowest BCUT2D eigenvalue weighted by molar-refractivity contribution is -0.121. The van der Waals surface area contributed by atoms with Crippen LogP contribution in [0, 0.1) is 0 Å². The molecule has 2 aliphatic heterocycles. The van der Waals surface area contributed by atoms with Crippen molar-refractivity contribution in [2.75, 3.05) is 6.54 Å². The molecule has 0 aromatic heterocycles. The third-order valence-electron chi connectivity index (χ3n) is 4.37. The SMILES string of the molecule is C=CCN1C(=O)/C(=C/C2=Cc3ccccc3OC2c2ccccc2)SC1=S. The molecule has 1 fully saturated rings. The first-order valence-corrected chi connectivity index (χ1v) is 9.78. The number of nitrogens with zero attached hydrogens (tertiary/aromatic N) is 1.